The third-order valence-corrected chi connectivity index (χ3v) is 1.28. The Kier molecular flexibility index (Phi) is 5.27. The summed E-state index contributed by atoms with van der Waals surface area (Å²) in [6.45, 7) is 4.13. The average molecular weight is 182 g/mol. The number of hydrogen-bond donors (Lipinski definition) is 1. The van der Waals surface area contributed by atoms with E-state index in [-0.39, 0.29) is 6.61 Å². The molecule has 0 aliphatic carbocycles. The van der Waals surface area contributed by atoms with Gasteiger partial charge in [0.25, 0.3) is 6.45 Å². The number of anilines is 1. The second-order valence-corrected chi connectivity index (χ2v) is 2.11. The van der Waals surface area contributed by atoms with Gasteiger partial charge < -0.3 is 10.5 Å². The van der Waals surface area contributed by atoms with Gasteiger partial charge in [-0.25, -0.2) is 0 Å². The highest BCUT2D eigenvalue weighted by Gasteiger charge is 1.90. The predicted molar refractivity (Wildman–Crippen MR) is 53.1 cm³/mol. The standard InChI is InChI=1S/C8H9NO2.C2H6/c9-8-3-1-7(2-4-8)5-11-6-10;1-2/h1-4,6H,5,9H2;1-2H3/i6D;. The van der Waals surface area contributed by atoms with Crippen LogP contribution < -0.4 is 5.73 Å². The SMILES string of the molecule is CC.[2H]C(=O)OCc1ccc(N)cc1. The highest BCUT2D eigenvalue weighted by molar-refractivity contribution is 5.40. The molecule has 3 heteroatoms. The Bertz CT molecular complexity index is 272. The first kappa shape index (κ1) is 9.58. The van der Waals surface area contributed by atoms with Gasteiger partial charge in [0.1, 0.15) is 6.61 Å². The smallest absolute Gasteiger partial charge is 0.293 e. The molecule has 0 fully saturated rings. The summed E-state index contributed by atoms with van der Waals surface area (Å²) in [6, 6.07) is 6.93. The topological polar surface area (TPSA) is 52.3 Å². The average Bonchev–Trinajstić information content (AvgIpc) is 2.20. The van der Waals surface area contributed by atoms with Crippen molar-refractivity contribution in [3.63, 3.8) is 0 Å². The van der Waals surface area contributed by atoms with Crippen LogP contribution in [0, 0.1) is 0 Å². The molecule has 0 saturated carbocycles. The summed E-state index contributed by atoms with van der Waals surface area (Å²) in [5, 5.41) is 0. The van der Waals surface area contributed by atoms with Crippen LogP contribution in [0.2, 0.25) is 0 Å². The first-order chi connectivity index (χ1) is 6.68. The molecule has 0 heterocycles. The maximum absolute atomic E-state index is 10.1. The van der Waals surface area contributed by atoms with Crippen molar-refractivity contribution in [3.05, 3.63) is 29.8 Å². The summed E-state index contributed by atoms with van der Waals surface area (Å²) in [4.78, 5) is 10.1. The van der Waals surface area contributed by atoms with E-state index in [1.807, 2.05) is 13.8 Å². The molecule has 2 N–H and O–H groups in total. The minimum atomic E-state index is -1.02. The quantitative estimate of drug-likeness (QED) is 0.562. The Morgan fingerprint density at radius 2 is 2.00 bits per heavy atom. The van der Waals surface area contributed by atoms with E-state index in [0.717, 1.165) is 5.56 Å². The fourth-order valence-electron chi connectivity index (χ4n) is 0.727. The molecule has 0 spiro atoms. The lowest BCUT2D eigenvalue weighted by atomic mass is 10.2. The number of nitrogen functional groups attached to an aromatic ring is 1. The normalized spacial score (nSPS) is 9.23. The van der Waals surface area contributed by atoms with Crippen molar-refractivity contribution in [1.29, 1.82) is 0 Å². The lowest BCUT2D eigenvalue weighted by molar-refractivity contribution is -0.129. The number of hydrogen-bond acceptors (Lipinski definition) is 3. The van der Waals surface area contributed by atoms with E-state index in [4.69, 9.17) is 7.10 Å². The first-order valence-corrected chi connectivity index (χ1v) is 4.16. The third-order valence-electron chi connectivity index (χ3n) is 1.28. The molecule has 0 amide bonds. The van der Waals surface area contributed by atoms with Crippen molar-refractivity contribution < 1.29 is 10.9 Å². The highest BCUT2D eigenvalue weighted by Crippen LogP contribution is 2.05. The summed E-state index contributed by atoms with van der Waals surface area (Å²) in [7, 11) is 0. The van der Waals surface area contributed by atoms with Gasteiger partial charge in [0.05, 0.1) is 0 Å². The minimum absolute atomic E-state index is 0.128. The van der Waals surface area contributed by atoms with E-state index in [1.54, 1.807) is 24.3 Å². The van der Waals surface area contributed by atoms with Crippen molar-refractivity contribution in [2.75, 3.05) is 5.73 Å². The Hall–Kier alpha value is -1.51. The van der Waals surface area contributed by atoms with Crippen molar-refractivity contribution in [1.82, 2.24) is 0 Å². The van der Waals surface area contributed by atoms with Gasteiger partial charge in [0.2, 0.25) is 0 Å². The zero-order chi connectivity index (χ0) is 11.0. The first-order valence-electron chi connectivity index (χ1n) is 4.66. The molecule has 0 unspecified atom stereocenters. The van der Waals surface area contributed by atoms with Gasteiger partial charge in [-0.2, -0.15) is 0 Å². The van der Waals surface area contributed by atoms with Gasteiger partial charge >= 0.3 is 0 Å². The van der Waals surface area contributed by atoms with E-state index in [9.17, 15) is 4.79 Å². The monoisotopic (exact) mass is 182 g/mol. The third kappa shape index (κ3) is 4.85. The molecule has 0 bridgehead atoms. The van der Waals surface area contributed by atoms with Crippen molar-refractivity contribution in [2.24, 2.45) is 0 Å². The zero-order valence-electron chi connectivity index (χ0n) is 8.91. The molecule has 72 valence electrons. The van der Waals surface area contributed by atoms with Crippen LogP contribution in [-0.2, 0) is 16.1 Å². The van der Waals surface area contributed by atoms with Crippen LogP contribution in [0.5, 0.6) is 0 Å². The predicted octanol–water partition coefficient (Wildman–Crippen LogP) is 1.97. The Morgan fingerprint density at radius 1 is 1.46 bits per heavy atom. The second kappa shape index (κ2) is 7.16. The molecule has 1 rings (SSSR count). The summed E-state index contributed by atoms with van der Waals surface area (Å²) in [5.74, 6) is 0. The summed E-state index contributed by atoms with van der Waals surface area (Å²) in [6.07, 6.45) is -1.02. The van der Waals surface area contributed by atoms with Gasteiger partial charge in [-0.15, -0.1) is 0 Å². The molecule has 0 aliphatic heterocycles. The molecule has 3 nitrogen and oxygen atoms in total. The maximum atomic E-state index is 10.1. The van der Waals surface area contributed by atoms with E-state index >= 15 is 0 Å². The number of carbonyl (C=O) groups excluding carboxylic acids is 1. The number of rotatable bonds is 2. The minimum Gasteiger partial charge on any atom is -0.463 e. The molecule has 1 aromatic rings. The number of carbonyl (C=O) groups is 1. The Labute approximate surface area is 79.9 Å². The molecule has 0 saturated heterocycles. The largest absolute Gasteiger partial charge is 0.463 e. The molecular formula is C10H15NO2. The van der Waals surface area contributed by atoms with Crippen LogP contribution in [0.15, 0.2) is 24.3 Å². The van der Waals surface area contributed by atoms with E-state index in [1.165, 1.54) is 0 Å². The number of ether oxygens (including phenoxy) is 1. The van der Waals surface area contributed by atoms with Gasteiger partial charge in [-0.3, -0.25) is 4.79 Å². The van der Waals surface area contributed by atoms with Crippen LogP contribution in [0.4, 0.5) is 5.69 Å². The van der Waals surface area contributed by atoms with Crippen molar-refractivity contribution >= 4 is 12.1 Å². The fourth-order valence-corrected chi connectivity index (χ4v) is 0.727. The fraction of sp³-hybridized carbons (Fsp3) is 0.300. The number of nitrogens with two attached hydrogens (primary N) is 1. The molecule has 13 heavy (non-hydrogen) atoms. The summed E-state index contributed by atoms with van der Waals surface area (Å²) < 4.78 is 10.9. The summed E-state index contributed by atoms with van der Waals surface area (Å²) >= 11 is 0. The second-order valence-electron chi connectivity index (χ2n) is 2.11. The molecular weight excluding hydrogens is 166 g/mol. The van der Waals surface area contributed by atoms with Gasteiger partial charge in [-0.05, 0) is 17.7 Å². The van der Waals surface area contributed by atoms with E-state index < -0.39 is 6.45 Å². The number of benzene rings is 1. The van der Waals surface area contributed by atoms with Crippen LogP contribution in [-0.4, -0.2) is 6.45 Å². The van der Waals surface area contributed by atoms with E-state index in [2.05, 4.69) is 4.74 Å². The summed E-state index contributed by atoms with van der Waals surface area (Å²) in [5.41, 5.74) is 6.92. The van der Waals surface area contributed by atoms with Gasteiger partial charge in [0.15, 0.2) is 1.37 Å². The van der Waals surface area contributed by atoms with Crippen molar-refractivity contribution in [3.8, 4) is 0 Å². The van der Waals surface area contributed by atoms with Gasteiger partial charge in [0, 0.05) is 5.69 Å². The van der Waals surface area contributed by atoms with Gasteiger partial charge in [-0.1, -0.05) is 26.0 Å². The maximum Gasteiger partial charge on any atom is 0.293 e. The molecule has 1 aromatic carbocycles. The van der Waals surface area contributed by atoms with Crippen LogP contribution in [0.3, 0.4) is 0 Å². The van der Waals surface area contributed by atoms with Crippen molar-refractivity contribution in [2.45, 2.75) is 20.5 Å². The lowest BCUT2D eigenvalue weighted by Crippen LogP contribution is -1.90. The molecule has 0 aromatic heterocycles. The zero-order valence-corrected chi connectivity index (χ0v) is 7.91. The Morgan fingerprint density at radius 3 is 2.46 bits per heavy atom. The van der Waals surface area contributed by atoms with Crippen LogP contribution in [0.25, 0.3) is 0 Å². The van der Waals surface area contributed by atoms with Crippen LogP contribution >= 0.6 is 0 Å². The molecule has 0 atom stereocenters. The van der Waals surface area contributed by atoms with Crippen LogP contribution in [0.1, 0.15) is 20.8 Å². The Balaban J connectivity index is 0.000000791. The molecule has 0 aliphatic rings. The molecule has 0 radical (unpaired) electrons. The highest BCUT2D eigenvalue weighted by atomic mass is 16.5. The lowest BCUT2D eigenvalue weighted by Gasteiger charge is -1.98. The van der Waals surface area contributed by atoms with E-state index in [0.29, 0.717) is 5.69 Å².